The Kier molecular flexibility index (Phi) is 9.93. The molecule has 0 aliphatic carbocycles. The highest BCUT2D eigenvalue weighted by molar-refractivity contribution is 6.17. The molecule has 0 amide bonds. The lowest BCUT2D eigenvalue weighted by Crippen LogP contribution is -2.00. The molecule has 0 aliphatic heterocycles. The molecule has 0 aliphatic rings. The first-order valence-corrected chi connectivity index (χ1v) is 10.3. The van der Waals surface area contributed by atoms with Crippen LogP contribution in [0.5, 0.6) is 17.2 Å². The maximum Gasteiger partial charge on any atom is 0.134 e. The van der Waals surface area contributed by atoms with Gasteiger partial charge in [0.2, 0.25) is 0 Å². The Morgan fingerprint density at radius 2 is 1.30 bits per heavy atom. The molecule has 0 saturated carbocycles. The van der Waals surface area contributed by atoms with E-state index in [-0.39, 0.29) is 0 Å². The fourth-order valence-electron chi connectivity index (χ4n) is 3.13. The molecule has 27 heavy (non-hydrogen) atoms. The lowest BCUT2D eigenvalue weighted by atomic mass is 10.0. The van der Waals surface area contributed by atoms with E-state index in [1.807, 2.05) is 42.5 Å². The van der Waals surface area contributed by atoms with Crippen molar-refractivity contribution in [3.8, 4) is 28.4 Å². The number of rotatable bonds is 13. The Morgan fingerprint density at radius 3 is 1.85 bits per heavy atom. The van der Waals surface area contributed by atoms with Gasteiger partial charge in [0, 0.05) is 18.0 Å². The standard InChI is InChI=1S/C23H31ClO3/c1-25-21-17-20(27-16-12-7-5-3-4-6-11-15-24)18-22(26-2)23(21)19-13-9-8-10-14-19/h8-10,13-14,17-18H,3-7,11-12,15-16H2,1-2H3. The van der Waals surface area contributed by atoms with E-state index in [9.17, 15) is 0 Å². The quantitative estimate of drug-likeness (QED) is 0.280. The van der Waals surface area contributed by atoms with E-state index < -0.39 is 0 Å². The molecular formula is C23H31ClO3. The van der Waals surface area contributed by atoms with Crippen LogP contribution in [0.2, 0.25) is 0 Å². The van der Waals surface area contributed by atoms with Crippen molar-refractivity contribution in [1.82, 2.24) is 0 Å². The van der Waals surface area contributed by atoms with E-state index in [0.29, 0.717) is 6.61 Å². The molecule has 4 heteroatoms. The molecule has 3 nitrogen and oxygen atoms in total. The van der Waals surface area contributed by atoms with Gasteiger partial charge in [-0.3, -0.25) is 0 Å². The molecule has 0 heterocycles. The number of alkyl halides is 1. The van der Waals surface area contributed by atoms with Crippen LogP contribution in [0.1, 0.15) is 44.9 Å². The van der Waals surface area contributed by atoms with Crippen LogP contribution in [0.3, 0.4) is 0 Å². The Bertz CT molecular complexity index is 633. The number of hydrogen-bond acceptors (Lipinski definition) is 3. The molecule has 2 rings (SSSR count). The third-order valence-electron chi connectivity index (χ3n) is 4.59. The zero-order chi connectivity index (χ0) is 19.3. The second-order valence-electron chi connectivity index (χ2n) is 6.58. The molecule has 0 bridgehead atoms. The molecular weight excluding hydrogens is 360 g/mol. The Balaban J connectivity index is 1.89. The maximum absolute atomic E-state index is 5.95. The fourth-order valence-corrected chi connectivity index (χ4v) is 3.32. The van der Waals surface area contributed by atoms with Gasteiger partial charge in [-0.25, -0.2) is 0 Å². The number of hydrogen-bond donors (Lipinski definition) is 0. The van der Waals surface area contributed by atoms with Crippen LogP contribution in [-0.4, -0.2) is 26.7 Å². The highest BCUT2D eigenvalue weighted by atomic mass is 35.5. The lowest BCUT2D eigenvalue weighted by molar-refractivity contribution is 0.299. The van der Waals surface area contributed by atoms with Crippen LogP contribution >= 0.6 is 11.6 Å². The summed E-state index contributed by atoms with van der Waals surface area (Å²) in [4.78, 5) is 0. The molecule has 0 radical (unpaired) electrons. The van der Waals surface area contributed by atoms with Gasteiger partial charge < -0.3 is 14.2 Å². The van der Waals surface area contributed by atoms with Gasteiger partial charge in [0.15, 0.2) is 0 Å². The predicted molar refractivity (Wildman–Crippen MR) is 114 cm³/mol. The summed E-state index contributed by atoms with van der Waals surface area (Å²) in [5.74, 6) is 3.08. The Morgan fingerprint density at radius 1 is 0.741 bits per heavy atom. The smallest absolute Gasteiger partial charge is 0.134 e. The molecule has 0 fully saturated rings. The highest BCUT2D eigenvalue weighted by Gasteiger charge is 2.15. The van der Waals surface area contributed by atoms with Crippen molar-refractivity contribution in [1.29, 1.82) is 0 Å². The van der Waals surface area contributed by atoms with Crippen molar-refractivity contribution in [3.63, 3.8) is 0 Å². The SMILES string of the molecule is COc1cc(OCCCCCCCCCCl)cc(OC)c1-c1ccccc1. The van der Waals surface area contributed by atoms with Crippen molar-refractivity contribution in [2.75, 3.05) is 26.7 Å². The summed E-state index contributed by atoms with van der Waals surface area (Å²) in [6.45, 7) is 0.707. The summed E-state index contributed by atoms with van der Waals surface area (Å²) < 4.78 is 17.2. The second-order valence-corrected chi connectivity index (χ2v) is 6.96. The number of benzene rings is 2. The van der Waals surface area contributed by atoms with E-state index in [1.165, 1.54) is 32.1 Å². The number of unbranched alkanes of at least 4 members (excludes halogenated alkanes) is 6. The minimum atomic E-state index is 0.707. The molecule has 2 aromatic rings. The summed E-state index contributed by atoms with van der Waals surface area (Å²) >= 11 is 5.69. The predicted octanol–water partition coefficient (Wildman–Crippen LogP) is 6.72. The molecule has 0 atom stereocenters. The van der Waals surface area contributed by atoms with Crippen LogP contribution in [0.4, 0.5) is 0 Å². The first kappa shape index (κ1) is 21.4. The van der Waals surface area contributed by atoms with Crippen molar-refractivity contribution >= 4 is 11.6 Å². The van der Waals surface area contributed by atoms with Crippen LogP contribution < -0.4 is 14.2 Å². The highest BCUT2D eigenvalue weighted by Crippen LogP contribution is 2.41. The molecule has 0 aromatic heterocycles. The zero-order valence-electron chi connectivity index (χ0n) is 16.5. The number of halogens is 1. The minimum absolute atomic E-state index is 0.707. The average molecular weight is 391 g/mol. The third-order valence-corrected chi connectivity index (χ3v) is 4.86. The minimum Gasteiger partial charge on any atom is -0.496 e. The first-order valence-electron chi connectivity index (χ1n) is 9.80. The normalized spacial score (nSPS) is 10.6. The summed E-state index contributed by atoms with van der Waals surface area (Å²) in [6, 6.07) is 14.0. The van der Waals surface area contributed by atoms with Crippen LogP contribution in [0.25, 0.3) is 11.1 Å². The van der Waals surface area contributed by atoms with E-state index in [0.717, 1.165) is 47.1 Å². The van der Waals surface area contributed by atoms with Crippen molar-refractivity contribution < 1.29 is 14.2 Å². The van der Waals surface area contributed by atoms with Gasteiger partial charge in [-0.15, -0.1) is 11.6 Å². The number of methoxy groups -OCH3 is 2. The molecule has 0 saturated heterocycles. The molecule has 148 valence electrons. The fraction of sp³-hybridized carbons (Fsp3) is 0.478. The molecule has 0 unspecified atom stereocenters. The summed E-state index contributed by atoms with van der Waals surface area (Å²) in [5, 5.41) is 0. The van der Waals surface area contributed by atoms with Crippen LogP contribution in [0, 0.1) is 0 Å². The van der Waals surface area contributed by atoms with Gasteiger partial charge in [-0.1, -0.05) is 62.4 Å². The monoisotopic (exact) mass is 390 g/mol. The summed E-state index contributed by atoms with van der Waals surface area (Å²) in [6.07, 6.45) is 8.44. The average Bonchev–Trinajstić information content (AvgIpc) is 2.72. The van der Waals surface area contributed by atoms with Crippen molar-refractivity contribution in [2.45, 2.75) is 44.9 Å². The Hall–Kier alpha value is -1.87. The van der Waals surface area contributed by atoms with Crippen molar-refractivity contribution in [3.05, 3.63) is 42.5 Å². The van der Waals surface area contributed by atoms with Crippen LogP contribution in [0.15, 0.2) is 42.5 Å². The van der Waals surface area contributed by atoms with Gasteiger partial charge in [0.05, 0.1) is 26.4 Å². The zero-order valence-corrected chi connectivity index (χ0v) is 17.3. The largest absolute Gasteiger partial charge is 0.496 e. The molecule has 2 aromatic carbocycles. The van der Waals surface area contributed by atoms with Gasteiger partial charge in [-0.2, -0.15) is 0 Å². The van der Waals surface area contributed by atoms with Gasteiger partial charge in [-0.05, 0) is 18.4 Å². The van der Waals surface area contributed by atoms with Gasteiger partial charge in [0.25, 0.3) is 0 Å². The lowest BCUT2D eigenvalue weighted by Gasteiger charge is -2.16. The third kappa shape index (κ3) is 6.99. The number of ether oxygens (including phenoxy) is 3. The first-order chi connectivity index (χ1) is 13.3. The van der Waals surface area contributed by atoms with Crippen molar-refractivity contribution in [2.24, 2.45) is 0 Å². The van der Waals surface area contributed by atoms with E-state index in [2.05, 4.69) is 0 Å². The maximum atomic E-state index is 5.95. The summed E-state index contributed by atoms with van der Waals surface area (Å²) in [7, 11) is 3.35. The van der Waals surface area contributed by atoms with Gasteiger partial charge in [0.1, 0.15) is 17.2 Å². The topological polar surface area (TPSA) is 27.7 Å². The van der Waals surface area contributed by atoms with Crippen LogP contribution in [-0.2, 0) is 0 Å². The summed E-state index contributed by atoms with van der Waals surface area (Å²) in [5.41, 5.74) is 2.01. The second kappa shape index (κ2) is 12.5. The molecule has 0 spiro atoms. The van der Waals surface area contributed by atoms with E-state index >= 15 is 0 Å². The van der Waals surface area contributed by atoms with E-state index in [1.54, 1.807) is 14.2 Å². The van der Waals surface area contributed by atoms with Gasteiger partial charge >= 0.3 is 0 Å². The Labute approximate surface area is 168 Å². The van der Waals surface area contributed by atoms with E-state index in [4.69, 9.17) is 25.8 Å². The molecule has 0 N–H and O–H groups in total.